The molecule has 9 nitrogen and oxygen atoms in total. The summed E-state index contributed by atoms with van der Waals surface area (Å²) in [5.41, 5.74) is -0.107. The summed E-state index contributed by atoms with van der Waals surface area (Å²) in [6, 6.07) is -0.579. The van der Waals surface area contributed by atoms with Gasteiger partial charge in [0.1, 0.15) is 11.9 Å². The predicted octanol–water partition coefficient (Wildman–Crippen LogP) is 3.85. The molecule has 1 unspecified atom stereocenters. The molecular weight excluding hydrogens is 498 g/mol. The first-order valence-electron chi connectivity index (χ1n) is 11.4. The molecule has 4 N–H and O–H groups in total. The van der Waals surface area contributed by atoms with Gasteiger partial charge in [-0.15, -0.1) is 10.2 Å². The summed E-state index contributed by atoms with van der Waals surface area (Å²) in [7, 11) is 0. The van der Waals surface area contributed by atoms with E-state index in [4.69, 9.17) is 10.2 Å². The molecule has 4 rings (SSSR count). The van der Waals surface area contributed by atoms with Crippen molar-refractivity contribution in [2.24, 2.45) is 0 Å². The van der Waals surface area contributed by atoms with E-state index < -0.39 is 70.9 Å². The lowest BCUT2D eigenvalue weighted by atomic mass is 9.94. The third-order valence-electron chi connectivity index (χ3n) is 6.37. The van der Waals surface area contributed by atoms with Gasteiger partial charge in [0.25, 0.3) is 11.8 Å². The Morgan fingerprint density at radius 2 is 1.81 bits per heavy atom. The highest BCUT2D eigenvalue weighted by Gasteiger charge is 2.58. The number of nitrogen functional groups attached to an aromatic ring is 1. The largest absolute Gasteiger partial charge is 0.426 e. The van der Waals surface area contributed by atoms with Crippen molar-refractivity contribution in [3.05, 3.63) is 17.5 Å². The van der Waals surface area contributed by atoms with E-state index in [0.717, 1.165) is 12.8 Å². The van der Waals surface area contributed by atoms with Gasteiger partial charge in [-0.1, -0.05) is 12.8 Å². The third-order valence-corrected chi connectivity index (χ3v) is 6.37. The number of nitrogens with one attached hydrogen (secondary N) is 1. The molecule has 0 aromatic carbocycles. The minimum Gasteiger partial charge on any atom is -0.416 e. The molecule has 1 amide bonds. The molecule has 0 spiro atoms. The molecule has 1 fully saturated rings. The number of nitrogens with two attached hydrogens (primary N) is 1. The van der Waals surface area contributed by atoms with Crippen LogP contribution in [-0.2, 0) is 16.6 Å². The first-order chi connectivity index (χ1) is 16.8. The van der Waals surface area contributed by atoms with Gasteiger partial charge < -0.3 is 25.5 Å². The predicted molar refractivity (Wildman–Crippen MR) is 113 cm³/mol. The van der Waals surface area contributed by atoms with E-state index in [2.05, 4.69) is 20.5 Å². The molecule has 198 valence electrons. The van der Waals surface area contributed by atoms with Gasteiger partial charge in [0, 0.05) is 13.1 Å². The molecule has 0 radical (unpaired) electrons. The van der Waals surface area contributed by atoms with Crippen LogP contribution in [-0.4, -0.2) is 56.4 Å². The quantitative estimate of drug-likeness (QED) is 0.482. The van der Waals surface area contributed by atoms with E-state index in [1.165, 1.54) is 4.90 Å². The van der Waals surface area contributed by atoms with Crippen LogP contribution in [0.5, 0.6) is 0 Å². The van der Waals surface area contributed by atoms with Gasteiger partial charge in [0.2, 0.25) is 11.5 Å². The molecule has 36 heavy (non-hydrogen) atoms. The summed E-state index contributed by atoms with van der Waals surface area (Å²) in [5, 5.41) is 19.8. The SMILES string of the molecule is Nc1cc(C(F)(F)F)c2nc1-c1nnc(o1)[C@@](O)(C(F)(F)F)CCCCCC(C(=O)N1CCCC1)N2. The first kappa shape index (κ1) is 26.0. The van der Waals surface area contributed by atoms with Gasteiger partial charge in [-0.05, 0) is 38.2 Å². The van der Waals surface area contributed by atoms with Crippen LogP contribution < -0.4 is 11.1 Å². The molecule has 2 atom stereocenters. The van der Waals surface area contributed by atoms with Crippen molar-refractivity contribution in [3.63, 3.8) is 0 Å². The van der Waals surface area contributed by atoms with Crippen LogP contribution in [0.25, 0.3) is 11.6 Å². The number of hydrogen-bond donors (Lipinski definition) is 3. The van der Waals surface area contributed by atoms with E-state index >= 15 is 0 Å². The Morgan fingerprint density at radius 1 is 1.11 bits per heavy atom. The smallest absolute Gasteiger partial charge is 0.416 e. The molecule has 1 saturated heterocycles. The van der Waals surface area contributed by atoms with Crippen molar-refractivity contribution < 1.29 is 40.7 Å². The van der Waals surface area contributed by atoms with Crippen LogP contribution in [0.3, 0.4) is 0 Å². The molecule has 0 saturated carbocycles. The third kappa shape index (κ3) is 4.92. The molecule has 15 heteroatoms. The highest BCUT2D eigenvalue weighted by Crippen LogP contribution is 2.44. The molecule has 2 aromatic rings. The number of likely N-dealkylation sites (tertiary alicyclic amines) is 1. The standard InChI is InChI=1S/C21H24F6N6O3/c22-20(23,24)11-10-12(28)14-16-31-32-18(36-16)19(35,21(25,26)27)7-3-1-2-6-13(29-15(11)30-14)17(34)33-8-4-5-9-33/h10,13,35H,1-9,28H2,(H,29,30)/t13?,19-/m1/s1. The van der Waals surface area contributed by atoms with Crippen LogP contribution in [0.1, 0.15) is 56.4 Å². The Labute approximate surface area is 201 Å². The van der Waals surface area contributed by atoms with E-state index in [0.29, 0.717) is 19.2 Å². The van der Waals surface area contributed by atoms with Gasteiger partial charge in [-0.25, -0.2) is 4.98 Å². The van der Waals surface area contributed by atoms with E-state index in [1.807, 2.05) is 0 Å². The number of alkyl halides is 6. The van der Waals surface area contributed by atoms with Crippen LogP contribution in [0, 0.1) is 0 Å². The number of aromatic nitrogens is 3. The molecule has 2 aliphatic heterocycles. The van der Waals surface area contributed by atoms with Gasteiger partial charge in [-0.2, -0.15) is 26.3 Å². The van der Waals surface area contributed by atoms with Crippen molar-refractivity contribution in [1.29, 1.82) is 0 Å². The van der Waals surface area contributed by atoms with Gasteiger partial charge in [0.05, 0.1) is 11.3 Å². The highest BCUT2D eigenvalue weighted by molar-refractivity contribution is 5.85. The first-order valence-corrected chi connectivity index (χ1v) is 11.4. The summed E-state index contributed by atoms with van der Waals surface area (Å²) in [5.74, 6) is -3.05. The lowest BCUT2D eigenvalue weighted by Gasteiger charge is -2.28. The molecular formula is C21H24F6N6O3. The molecule has 4 heterocycles. The number of hydrogen-bond acceptors (Lipinski definition) is 8. The second kappa shape index (κ2) is 9.41. The van der Waals surface area contributed by atoms with Crippen molar-refractivity contribution in [2.45, 2.75) is 68.9 Å². The Morgan fingerprint density at radius 3 is 2.44 bits per heavy atom. The summed E-state index contributed by atoms with van der Waals surface area (Å²) in [4.78, 5) is 18.5. The van der Waals surface area contributed by atoms with E-state index in [9.17, 15) is 36.2 Å². The Balaban J connectivity index is 1.83. The molecule has 4 bridgehead atoms. The number of pyridine rings is 1. The average Bonchev–Trinajstić information content (AvgIpc) is 3.49. The van der Waals surface area contributed by atoms with Crippen LogP contribution in [0.2, 0.25) is 0 Å². The number of anilines is 2. The number of halogens is 6. The molecule has 2 aromatic heterocycles. The topological polar surface area (TPSA) is 130 Å². The minimum absolute atomic E-state index is 0.0386. The summed E-state index contributed by atoms with van der Waals surface area (Å²) in [6.07, 6.45) is -9.11. The lowest BCUT2D eigenvalue weighted by molar-refractivity contribution is -0.277. The summed E-state index contributed by atoms with van der Waals surface area (Å²) < 4.78 is 87.9. The van der Waals surface area contributed by atoms with Crippen LogP contribution in [0.4, 0.5) is 37.8 Å². The van der Waals surface area contributed by atoms with Crippen LogP contribution >= 0.6 is 0 Å². The second-order valence-electron chi connectivity index (χ2n) is 8.92. The summed E-state index contributed by atoms with van der Waals surface area (Å²) >= 11 is 0. The maximum absolute atomic E-state index is 13.8. The van der Waals surface area contributed by atoms with Crippen molar-refractivity contribution in [2.75, 3.05) is 24.1 Å². The normalized spacial score (nSPS) is 23.8. The van der Waals surface area contributed by atoms with Crippen molar-refractivity contribution >= 4 is 17.4 Å². The fourth-order valence-corrected chi connectivity index (χ4v) is 4.37. The fraction of sp³-hybridized carbons (Fsp3) is 0.619. The number of carbonyl (C=O) groups is 1. The maximum Gasteiger partial charge on any atom is 0.426 e. The maximum atomic E-state index is 13.8. The monoisotopic (exact) mass is 522 g/mol. The number of aliphatic hydroxyl groups is 1. The van der Waals surface area contributed by atoms with Crippen molar-refractivity contribution in [3.8, 4) is 11.6 Å². The zero-order chi connectivity index (χ0) is 26.3. The number of rotatable bonds is 1. The molecule has 0 aliphatic carbocycles. The van der Waals surface area contributed by atoms with Crippen LogP contribution in [0.15, 0.2) is 10.5 Å². The Kier molecular flexibility index (Phi) is 6.79. The minimum atomic E-state index is -5.17. The number of fused-ring (bicyclic) bond motifs is 5. The van der Waals surface area contributed by atoms with E-state index in [-0.39, 0.29) is 25.7 Å². The average molecular weight is 522 g/mol. The second-order valence-corrected chi connectivity index (χ2v) is 8.92. The lowest BCUT2D eigenvalue weighted by Crippen LogP contribution is -2.43. The van der Waals surface area contributed by atoms with Gasteiger partial charge in [0.15, 0.2) is 5.69 Å². The number of nitrogens with zero attached hydrogens (tertiary/aromatic N) is 4. The highest BCUT2D eigenvalue weighted by atomic mass is 19.4. The summed E-state index contributed by atoms with van der Waals surface area (Å²) in [6.45, 7) is 0.903. The van der Waals surface area contributed by atoms with E-state index in [1.54, 1.807) is 0 Å². The van der Waals surface area contributed by atoms with Crippen molar-refractivity contribution in [1.82, 2.24) is 20.1 Å². The fourth-order valence-electron chi connectivity index (χ4n) is 4.37. The zero-order valence-electron chi connectivity index (χ0n) is 18.9. The molecule has 2 aliphatic rings. The van der Waals surface area contributed by atoms with Gasteiger partial charge in [-0.3, -0.25) is 4.79 Å². The zero-order valence-corrected chi connectivity index (χ0v) is 18.9. The number of carbonyl (C=O) groups excluding carboxylic acids is 1. The Hall–Kier alpha value is -3.10. The Bertz CT molecular complexity index is 1110. The van der Waals surface area contributed by atoms with Gasteiger partial charge >= 0.3 is 12.4 Å². The number of amides is 1.